The fourth-order valence-corrected chi connectivity index (χ4v) is 5.77. The third-order valence-corrected chi connectivity index (χ3v) is 7.98. The van der Waals surface area contributed by atoms with Crippen LogP contribution in [-0.2, 0) is 19.5 Å². The van der Waals surface area contributed by atoms with Gasteiger partial charge in [-0.1, -0.05) is 110 Å². The first-order chi connectivity index (χ1) is 17.4. The zero-order valence-electron chi connectivity index (χ0n) is 23.4. The Morgan fingerprint density at radius 2 is 1.31 bits per heavy atom. The molecule has 1 atom stereocenters. The van der Waals surface area contributed by atoms with Gasteiger partial charge in [0.1, 0.15) is 12.9 Å². The number of methoxy groups -OCH3 is 1. The number of ether oxygens (including phenoxy) is 2. The Bertz CT molecular complexity index is 607. The van der Waals surface area contributed by atoms with Crippen LogP contribution in [0.15, 0.2) is 0 Å². The topological polar surface area (TPSA) is 84.9 Å². The predicted octanol–water partition coefficient (Wildman–Crippen LogP) is 7.57. The van der Waals surface area contributed by atoms with E-state index in [0.717, 1.165) is 19.3 Å². The van der Waals surface area contributed by atoms with Gasteiger partial charge in [-0.15, -0.1) is 11.6 Å². The van der Waals surface area contributed by atoms with Crippen molar-refractivity contribution in [2.45, 2.75) is 136 Å². The van der Waals surface area contributed by atoms with Gasteiger partial charge in [-0.3, -0.25) is 4.90 Å². The smallest absolute Gasteiger partial charge is 0.412 e. The van der Waals surface area contributed by atoms with E-state index >= 15 is 0 Å². The van der Waals surface area contributed by atoms with Crippen LogP contribution in [0.25, 0.3) is 0 Å². The number of unbranched alkanes of at least 4 members (excludes halogenated alkanes) is 14. The Labute approximate surface area is 227 Å². The molecular weight excluding hydrogens is 500 g/mol. The van der Waals surface area contributed by atoms with E-state index in [1.807, 2.05) is 6.92 Å². The first-order valence-corrected chi connectivity index (χ1v) is 16.6. The maximum absolute atomic E-state index is 12.6. The van der Waals surface area contributed by atoms with Crippen molar-refractivity contribution in [2.75, 3.05) is 32.1 Å². The molecule has 0 bridgehead atoms. The molecule has 1 amide bonds. The maximum Gasteiger partial charge on any atom is 0.412 e. The van der Waals surface area contributed by atoms with Gasteiger partial charge < -0.3 is 9.47 Å². The highest BCUT2D eigenvalue weighted by Crippen LogP contribution is 2.16. The number of hydrogen-bond donors (Lipinski definition) is 1. The van der Waals surface area contributed by atoms with Crippen molar-refractivity contribution in [1.82, 2.24) is 9.62 Å². The molecule has 1 N–H and O–H groups in total. The molecule has 7 nitrogen and oxygen atoms in total. The maximum atomic E-state index is 12.6. The summed E-state index contributed by atoms with van der Waals surface area (Å²) in [5.41, 5.74) is 0. The highest BCUT2D eigenvalue weighted by atomic mass is 35.5. The summed E-state index contributed by atoms with van der Waals surface area (Å²) in [6.07, 6.45) is 19.3. The fraction of sp³-hybridized carbons (Fsp3) is 0.963. The van der Waals surface area contributed by atoms with E-state index in [1.54, 1.807) is 0 Å². The number of nitrogens with zero attached hydrogens (tertiary/aromatic N) is 1. The molecule has 9 heteroatoms. The third kappa shape index (κ3) is 20.5. The second kappa shape index (κ2) is 24.7. The predicted molar refractivity (Wildman–Crippen MR) is 151 cm³/mol. The Morgan fingerprint density at radius 1 is 0.806 bits per heavy atom. The number of hydrogen-bond acceptors (Lipinski definition) is 5. The molecule has 0 fully saturated rings. The number of halogens is 1. The number of alkyl halides is 1. The Kier molecular flexibility index (Phi) is 24.4. The van der Waals surface area contributed by atoms with Crippen LogP contribution in [0.3, 0.4) is 0 Å². The highest BCUT2D eigenvalue weighted by Gasteiger charge is 2.28. The van der Waals surface area contributed by atoms with Crippen LogP contribution in [0.5, 0.6) is 0 Å². The van der Waals surface area contributed by atoms with E-state index < -0.39 is 22.3 Å². The van der Waals surface area contributed by atoms with Gasteiger partial charge in [0.25, 0.3) is 0 Å². The fourth-order valence-electron chi connectivity index (χ4n) is 4.18. The molecule has 0 aliphatic rings. The molecule has 0 aromatic carbocycles. The van der Waals surface area contributed by atoms with Crippen molar-refractivity contribution in [3.8, 4) is 0 Å². The van der Waals surface area contributed by atoms with Gasteiger partial charge in [0.2, 0.25) is 10.0 Å². The largest absolute Gasteiger partial charge is 0.449 e. The molecule has 0 aromatic heterocycles. The molecule has 0 radical (unpaired) electrons. The minimum absolute atomic E-state index is 0.0377. The summed E-state index contributed by atoms with van der Waals surface area (Å²) in [5, 5.41) is 0. The zero-order valence-corrected chi connectivity index (χ0v) is 25.0. The molecule has 0 aliphatic carbocycles. The molecule has 0 aliphatic heterocycles. The monoisotopic (exact) mass is 554 g/mol. The van der Waals surface area contributed by atoms with E-state index in [4.69, 9.17) is 21.1 Å². The number of nitrogens with one attached hydrogen (secondary N) is 1. The number of amides is 1. The van der Waals surface area contributed by atoms with Crippen molar-refractivity contribution in [2.24, 2.45) is 0 Å². The lowest BCUT2D eigenvalue weighted by atomic mass is 10.0. The lowest BCUT2D eigenvalue weighted by Gasteiger charge is -2.31. The van der Waals surface area contributed by atoms with Crippen molar-refractivity contribution in [3.05, 3.63) is 0 Å². The van der Waals surface area contributed by atoms with Crippen molar-refractivity contribution < 1.29 is 22.7 Å². The van der Waals surface area contributed by atoms with Crippen molar-refractivity contribution in [1.29, 1.82) is 0 Å². The van der Waals surface area contributed by atoms with E-state index in [-0.39, 0.29) is 25.0 Å². The quantitative estimate of drug-likeness (QED) is 0.0676. The molecule has 1 unspecified atom stereocenters. The van der Waals surface area contributed by atoms with Crippen LogP contribution >= 0.6 is 11.6 Å². The molecule has 0 heterocycles. The molecule has 0 spiro atoms. The molecular formula is C27H55ClN2O5S. The summed E-state index contributed by atoms with van der Waals surface area (Å²) >= 11 is 5.67. The lowest BCUT2D eigenvalue weighted by Crippen LogP contribution is -2.52. The van der Waals surface area contributed by atoms with Crippen LogP contribution in [0.1, 0.15) is 129 Å². The minimum Gasteiger partial charge on any atom is -0.449 e. The molecule has 0 aromatic rings. The first-order valence-electron chi connectivity index (χ1n) is 14.4. The van der Waals surface area contributed by atoms with Crippen LogP contribution in [0.4, 0.5) is 4.79 Å². The zero-order chi connectivity index (χ0) is 26.9. The normalized spacial score (nSPS) is 12.6. The molecule has 36 heavy (non-hydrogen) atoms. The summed E-state index contributed by atoms with van der Waals surface area (Å²) in [4.78, 5) is 13.9. The van der Waals surface area contributed by atoms with E-state index in [2.05, 4.69) is 11.6 Å². The third-order valence-electron chi connectivity index (χ3n) is 6.25. The molecule has 0 saturated heterocycles. The second-order valence-electron chi connectivity index (χ2n) is 9.74. The first kappa shape index (κ1) is 35.4. The Morgan fingerprint density at radius 3 is 1.75 bits per heavy atom. The van der Waals surface area contributed by atoms with Gasteiger partial charge in [0.15, 0.2) is 0 Å². The van der Waals surface area contributed by atoms with Crippen LogP contribution < -0.4 is 4.72 Å². The summed E-state index contributed by atoms with van der Waals surface area (Å²) in [6, 6.07) is 0. The van der Waals surface area contributed by atoms with E-state index in [9.17, 15) is 13.2 Å². The number of carbonyl (C=O) groups is 1. The SMILES string of the molecule is CCCCCCCCCCCCCCCCCC(NS(=O)(=O)CCCCl)N(COC)C(=O)OCCC. The summed E-state index contributed by atoms with van der Waals surface area (Å²) in [7, 11) is -2.09. The second-order valence-corrected chi connectivity index (χ2v) is 12.0. The van der Waals surface area contributed by atoms with E-state index in [1.165, 1.54) is 89.1 Å². The summed E-state index contributed by atoms with van der Waals surface area (Å²) in [6.45, 7) is 4.42. The van der Waals surface area contributed by atoms with Gasteiger partial charge >= 0.3 is 6.09 Å². The highest BCUT2D eigenvalue weighted by molar-refractivity contribution is 7.89. The summed E-state index contributed by atoms with van der Waals surface area (Å²) < 4.78 is 38.2. The number of sulfonamides is 1. The van der Waals surface area contributed by atoms with Crippen LogP contribution in [-0.4, -0.2) is 57.7 Å². The average Bonchev–Trinajstić information content (AvgIpc) is 2.86. The number of carbonyl (C=O) groups excluding carboxylic acids is 1. The van der Waals surface area contributed by atoms with Crippen LogP contribution in [0, 0.1) is 0 Å². The van der Waals surface area contributed by atoms with Crippen molar-refractivity contribution in [3.63, 3.8) is 0 Å². The number of rotatable bonds is 26. The minimum atomic E-state index is -3.57. The van der Waals surface area contributed by atoms with Gasteiger partial charge in [-0.05, 0) is 19.3 Å². The van der Waals surface area contributed by atoms with Gasteiger partial charge in [-0.2, -0.15) is 4.72 Å². The standard InChI is InChI=1S/C27H55ClN2O5S/c1-4-6-7-8-9-10-11-12-13-14-15-16-17-18-19-21-26(29-36(32,33)24-20-22-28)30(25-34-3)27(31)35-23-5-2/h26,29H,4-25H2,1-3H3. The molecule has 0 saturated carbocycles. The van der Waals surface area contributed by atoms with Gasteiger partial charge in [-0.25, -0.2) is 13.2 Å². The lowest BCUT2D eigenvalue weighted by molar-refractivity contribution is 0.0154. The van der Waals surface area contributed by atoms with Crippen LogP contribution in [0.2, 0.25) is 0 Å². The van der Waals surface area contributed by atoms with E-state index in [0.29, 0.717) is 19.3 Å². The Balaban J connectivity index is 4.34. The molecule has 0 rings (SSSR count). The summed E-state index contributed by atoms with van der Waals surface area (Å²) in [5.74, 6) is 0.196. The van der Waals surface area contributed by atoms with Gasteiger partial charge in [0, 0.05) is 13.0 Å². The molecule has 216 valence electrons. The Hall–Kier alpha value is -0.570. The average molecular weight is 555 g/mol. The van der Waals surface area contributed by atoms with Crippen molar-refractivity contribution >= 4 is 27.7 Å². The van der Waals surface area contributed by atoms with Gasteiger partial charge in [0.05, 0.1) is 12.4 Å².